The number of ether oxygens (including phenoxy) is 2. The second-order valence-electron chi connectivity index (χ2n) is 6.51. The largest absolute Gasteiger partial charge is 0.495 e. The van der Waals surface area contributed by atoms with E-state index in [0.29, 0.717) is 19.7 Å². The Bertz CT molecular complexity index is 712. The van der Waals surface area contributed by atoms with E-state index >= 15 is 0 Å². The molecule has 0 saturated carbocycles. The summed E-state index contributed by atoms with van der Waals surface area (Å²) in [5, 5.41) is 2.79. The molecule has 1 atom stereocenters. The van der Waals surface area contributed by atoms with E-state index in [4.69, 9.17) is 9.47 Å². The third-order valence-electron chi connectivity index (χ3n) is 4.40. The van der Waals surface area contributed by atoms with E-state index in [2.05, 4.69) is 5.32 Å². The Kier molecular flexibility index (Phi) is 7.43. The van der Waals surface area contributed by atoms with Crippen LogP contribution in [0.15, 0.2) is 23.1 Å². The number of nitrogens with one attached hydrogen (secondary N) is 1. The van der Waals surface area contributed by atoms with Gasteiger partial charge in [-0.2, -0.15) is 4.31 Å². The van der Waals surface area contributed by atoms with Crippen molar-refractivity contribution < 1.29 is 22.7 Å². The van der Waals surface area contributed by atoms with Crippen LogP contribution in [0.5, 0.6) is 5.75 Å². The van der Waals surface area contributed by atoms with Crippen molar-refractivity contribution in [3.8, 4) is 5.75 Å². The van der Waals surface area contributed by atoms with E-state index in [1.807, 2.05) is 6.92 Å². The van der Waals surface area contributed by atoms with Crippen molar-refractivity contribution in [2.75, 3.05) is 33.9 Å². The van der Waals surface area contributed by atoms with Gasteiger partial charge in [0.25, 0.3) is 5.91 Å². The Labute approximate surface area is 155 Å². The molecule has 1 heterocycles. The molecular formula is C18H28N2O5S. The average Bonchev–Trinajstić information content (AvgIpc) is 2.91. The molecule has 0 unspecified atom stereocenters. The van der Waals surface area contributed by atoms with Crippen molar-refractivity contribution in [1.29, 1.82) is 0 Å². The number of sulfonamides is 1. The van der Waals surface area contributed by atoms with E-state index in [0.717, 1.165) is 25.7 Å². The Morgan fingerprint density at radius 3 is 2.42 bits per heavy atom. The summed E-state index contributed by atoms with van der Waals surface area (Å²) in [6.07, 6.45) is 3.75. The molecule has 8 heteroatoms. The summed E-state index contributed by atoms with van der Waals surface area (Å²) in [4.78, 5) is 12.5. The minimum absolute atomic E-state index is 0.0361. The molecule has 1 aliphatic heterocycles. The van der Waals surface area contributed by atoms with Crippen LogP contribution in [0.2, 0.25) is 0 Å². The van der Waals surface area contributed by atoms with Crippen molar-refractivity contribution in [1.82, 2.24) is 9.62 Å². The molecule has 0 spiro atoms. The number of carbonyl (C=O) groups is 1. The van der Waals surface area contributed by atoms with E-state index in [-0.39, 0.29) is 28.2 Å². The van der Waals surface area contributed by atoms with Crippen molar-refractivity contribution >= 4 is 15.9 Å². The van der Waals surface area contributed by atoms with Crippen molar-refractivity contribution in [3.05, 3.63) is 23.8 Å². The number of rotatable bonds is 7. The van der Waals surface area contributed by atoms with Crippen LogP contribution in [-0.4, -0.2) is 58.6 Å². The predicted octanol–water partition coefficient (Wildman–Crippen LogP) is 2.02. The minimum atomic E-state index is -3.72. The fourth-order valence-corrected chi connectivity index (χ4v) is 4.74. The first kappa shape index (κ1) is 20.7. The number of benzene rings is 1. The van der Waals surface area contributed by atoms with Crippen LogP contribution in [0.25, 0.3) is 0 Å². The summed E-state index contributed by atoms with van der Waals surface area (Å²) in [6.45, 7) is 3.18. The Morgan fingerprint density at radius 1 is 1.19 bits per heavy atom. The van der Waals surface area contributed by atoms with Crippen molar-refractivity contribution in [2.24, 2.45) is 0 Å². The van der Waals surface area contributed by atoms with Crippen LogP contribution in [0.3, 0.4) is 0 Å². The Balaban J connectivity index is 2.32. The second kappa shape index (κ2) is 9.34. The zero-order valence-corrected chi connectivity index (χ0v) is 16.5. The summed E-state index contributed by atoms with van der Waals surface area (Å²) in [5.41, 5.74) is 0.280. The standard InChI is InChI=1S/C18H28N2O5S/c1-14(13-24-2)19-18(21)15-8-9-16(25-3)17(12-15)26(22,23)20-10-6-4-5-7-11-20/h8-9,12,14H,4-7,10-11,13H2,1-3H3,(H,19,21)/t14-/m0/s1. The van der Waals surface area contributed by atoms with Gasteiger partial charge >= 0.3 is 0 Å². The lowest BCUT2D eigenvalue weighted by Crippen LogP contribution is -2.36. The summed E-state index contributed by atoms with van der Waals surface area (Å²) >= 11 is 0. The van der Waals surface area contributed by atoms with Gasteiger partial charge in [-0.1, -0.05) is 12.8 Å². The first-order chi connectivity index (χ1) is 12.4. The fourth-order valence-electron chi connectivity index (χ4n) is 3.04. The third kappa shape index (κ3) is 4.96. The maximum Gasteiger partial charge on any atom is 0.251 e. The molecule has 0 bridgehead atoms. The SMILES string of the molecule is COC[C@H](C)NC(=O)c1ccc(OC)c(S(=O)(=O)N2CCCCCC2)c1. The number of hydrogen-bond acceptors (Lipinski definition) is 5. The van der Waals surface area contributed by atoms with E-state index in [9.17, 15) is 13.2 Å². The van der Waals surface area contributed by atoms with Crippen LogP contribution < -0.4 is 10.1 Å². The monoisotopic (exact) mass is 384 g/mol. The molecule has 146 valence electrons. The third-order valence-corrected chi connectivity index (χ3v) is 6.32. The number of methoxy groups -OCH3 is 2. The normalized spacial score (nSPS) is 17.3. The maximum absolute atomic E-state index is 13.1. The highest BCUT2D eigenvalue weighted by molar-refractivity contribution is 7.89. The molecule has 1 saturated heterocycles. The highest BCUT2D eigenvalue weighted by Crippen LogP contribution is 2.29. The van der Waals surface area contributed by atoms with E-state index < -0.39 is 10.0 Å². The van der Waals surface area contributed by atoms with E-state index in [1.54, 1.807) is 13.2 Å². The molecular weight excluding hydrogens is 356 g/mol. The number of nitrogens with zero attached hydrogens (tertiary/aromatic N) is 1. The molecule has 0 aliphatic carbocycles. The fraction of sp³-hybridized carbons (Fsp3) is 0.611. The number of hydrogen-bond donors (Lipinski definition) is 1. The van der Waals surface area contributed by atoms with Gasteiger partial charge in [-0.25, -0.2) is 8.42 Å². The van der Waals surface area contributed by atoms with Crippen LogP contribution in [0.1, 0.15) is 43.0 Å². The van der Waals surface area contributed by atoms with Crippen LogP contribution >= 0.6 is 0 Å². The minimum Gasteiger partial charge on any atom is -0.495 e. The summed E-state index contributed by atoms with van der Waals surface area (Å²) in [7, 11) is -0.734. The van der Waals surface area contributed by atoms with Gasteiger partial charge in [0.2, 0.25) is 10.0 Å². The zero-order valence-electron chi connectivity index (χ0n) is 15.7. The van der Waals surface area contributed by atoms with Gasteiger partial charge in [0, 0.05) is 31.8 Å². The molecule has 1 aliphatic rings. The highest BCUT2D eigenvalue weighted by Gasteiger charge is 2.29. The van der Waals surface area contributed by atoms with Gasteiger partial charge in [0.05, 0.1) is 13.7 Å². The van der Waals surface area contributed by atoms with Crippen molar-refractivity contribution in [2.45, 2.75) is 43.5 Å². The highest BCUT2D eigenvalue weighted by atomic mass is 32.2. The lowest BCUT2D eigenvalue weighted by atomic mass is 10.2. The lowest BCUT2D eigenvalue weighted by molar-refractivity contribution is 0.0905. The van der Waals surface area contributed by atoms with Gasteiger partial charge in [0.1, 0.15) is 10.6 Å². The molecule has 1 aromatic rings. The van der Waals surface area contributed by atoms with Gasteiger partial charge in [-0.15, -0.1) is 0 Å². The van der Waals surface area contributed by atoms with Crippen LogP contribution in [0, 0.1) is 0 Å². The molecule has 2 rings (SSSR count). The average molecular weight is 384 g/mol. The van der Waals surface area contributed by atoms with Crippen molar-refractivity contribution in [3.63, 3.8) is 0 Å². The first-order valence-corrected chi connectivity index (χ1v) is 10.3. The quantitative estimate of drug-likeness (QED) is 0.777. The molecule has 1 aromatic carbocycles. The number of amides is 1. The van der Waals surface area contributed by atoms with Gasteiger partial charge in [-0.05, 0) is 38.0 Å². The molecule has 0 aromatic heterocycles. The topological polar surface area (TPSA) is 84.9 Å². The molecule has 1 amide bonds. The maximum atomic E-state index is 13.1. The first-order valence-electron chi connectivity index (χ1n) is 8.88. The Morgan fingerprint density at radius 2 is 1.85 bits per heavy atom. The molecule has 1 fully saturated rings. The number of carbonyl (C=O) groups excluding carboxylic acids is 1. The molecule has 26 heavy (non-hydrogen) atoms. The van der Waals surface area contributed by atoms with Crippen LogP contribution in [-0.2, 0) is 14.8 Å². The lowest BCUT2D eigenvalue weighted by Gasteiger charge is -2.22. The summed E-state index contributed by atoms with van der Waals surface area (Å²) in [5.74, 6) is -0.0970. The van der Waals surface area contributed by atoms with Gasteiger partial charge < -0.3 is 14.8 Å². The Hall–Kier alpha value is -1.64. The summed E-state index contributed by atoms with van der Waals surface area (Å²) in [6, 6.07) is 4.31. The van der Waals surface area contributed by atoms with E-state index in [1.165, 1.54) is 23.5 Å². The summed E-state index contributed by atoms with van der Waals surface area (Å²) < 4.78 is 38.0. The zero-order chi connectivity index (χ0) is 19.2. The molecule has 1 N–H and O–H groups in total. The van der Waals surface area contributed by atoms with Gasteiger partial charge in [0.15, 0.2) is 0 Å². The van der Waals surface area contributed by atoms with Crippen LogP contribution in [0.4, 0.5) is 0 Å². The van der Waals surface area contributed by atoms with Gasteiger partial charge in [-0.3, -0.25) is 4.79 Å². The molecule has 7 nitrogen and oxygen atoms in total. The predicted molar refractivity (Wildman–Crippen MR) is 99.0 cm³/mol. The second-order valence-corrected chi connectivity index (χ2v) is 8.42. The smallest absolute Gasteiger partial charge is 0.251 e. The molecule has 0 radical (unpaired) electrons.